The molecule has 0 aromatic rings. The van der Waals surface area contributed by atoms with E-state index in [1.807, 2.05) is 19.0 Å². The van der Waals surface area contributed by atoms with Crippen LogP contribution in [0, 0.1) is 0 Å². The number of halogens is 2. The smallest absolute Gasteiger partial charge is 0.375 e. The highest BCUT2D eigenvalue weighted by Crippen LogP contribution is 2.14. The van der Waals surface area contributed by atoms with Crippen LogP contribution in [0.5, 0.6) is 0 Å². The highest BCUT2D eigenvalue weighted by molar-refractivity contribution is 5.75. The standard InChI is InChI=1S/C8H16F2N2O2/c1-11(2)4-5-12(3)6-8(9,10)7(13)14/h4-6H2,1-3H3,(H,13,14). The second-order valence-electron chi connectivity index (χ2n) is 3.55. The number of rotatable bonds is 6. The molecular formula is C8H16F2N2O2. The first-order chi connectivity index (χ1) is 6.25. The molecule has 0 radical (unpaired) electrons. The van der Waals surface area contributed by atoms with E-state index in [1.165, 1.54) is 11.9 Å². The molecule has 0 amide bonds. The van der Waals surface area contributed by atoms with Gasteiger partial charge in [-0.3, -0.25) is 4.90 Å². The van der Waals surface area contributed by atoms with Gasteiger partial charge in [-0.2, -0.15) is 8.78 Å². The van der Waals surface area contributed by atoms with Gasteiger partial charge in [0.15, 0.2) is 0 Å². The molecule has 0 aromatic carbocycles. The van der Waals surface area contributed by atoms with Gasteiger partial charge in [-0.1, -0.05) is 0 Å². The lowest BCUT2D eigenvalue weighted by atomic mass is 10.3. The maximum atomic E-state index is 12.7. The van der Waals surface area contributed by atoms with Gasteiger partial charge < -0.3 is 10.0 Å². The number of alkyl halides is 2. The molecule has 0 rings (SSSR count). The van der Waals surface area contributed by atoms with E-state index in [0.717, 1.165) is 0 Å². The third kappa shape index (κ3) is 5.08. The van der Waals surface area contributed by atoms with Crippen LogP contribution < -0.4 is 0 Å². The van der Waals surface area contributed by atoms with Crippen LogP contribution in [-0.4, -0.2) is 67.6 Å². The third-order valence-electron chi connectivity index (χ3n) is 1.71. The van der Waals surface area contributed by atoms with Crippen molar-refractivity contribution in [1.29, 1.82) is 0 Å². The first kappa shape index (κ1) is 13.2. The van der Waals surface area contributed by atoms with Gasteiger partial charge in [0.1, 0.15) is 0 Å². The van der Waals surface area contributed by atoms with Crippen LogP contribution in [0.15, 0.2) is 0 Å². The van der Waals surface area contributed by atoms with Crippen molar-refractivity contribution in [2.45, 2.75) is 5.92 Å². The number of carbonyl (C=O) groups is 1. The largest absolute Gasteiger partial charge is 0.477 e. The van der Waals surface area contributed by atoms with Gasteiger partial charge in [0.2, 0.25) is 0 Å². The summed E-state index contributed by atoms with van der Waals surface area (Å²) in [4.78, 5) is 13.2. The van der Waals surface area contributed by atoms with Gasteiger partial charge in [0.25, 0.3) is 0 Å². The summed E-state index contributed by atoms with van der Waals surface area (Å²) >= 11 is 0. The number of hydrogen-bond acceptors (Lipinski definition) is 3. The van der Waals surface area contributed by atoms with Crippen LogP contribution >= 0.6 is 0 Å². The molecule has 14 heavy (non-hydrogen) atoms. The Morgan fingerprint density at radius 1 is 1.29 bits per heavy atom. The van der Waals surface area contributed by atoms with Gasteiger partial charge in [-0.15, -0.1) is 0 Å². The first-order valence-electron chi connectivity index (χ1n) is 4.20. The fraction of sp³-hybridized carbons (Fsp3) is 0.875. The molecule has 0 aromatic heterocycles. The Kier molecular flexibility index (Phi) is 4.93. The van der Waals surface area contributed by atoms with E-state index in [2.05, 4.69) is 0 Å². The normalized spacial score (nSPS) is 12.5. The summed E-state index contributed by atoms with van der Waals surface area (Å²) < 4.78 is 25.3. The molecule has 0 fully saturated rings. The summed E-state index contributed by atoms with van der Waals surface area (Å²) in [6.45, 7) is 0.276. The van der Waals surface area contributed by atoms with Crippen LogP contribution in [0.4, 0.5) is 8.78 Å². The van der Waals surface area contributed by atoms with Crippen molar-refractivity contribution < 1.29 is 18.7 Å². The molecule has 0 aliphatic carbocycles. The zero-order valence-corrected chi connectivity index (χ0v) is 8.63. The van der Waals surface area contributed by atoms with Gasteiger partial charge in [-0.05, 0) is 21.1 Å². The maximum absolute atomic E-state index is 12.7. The number of carboxylic acids is 1. The minimum absolute atomic E-state index is 0.413. The van der Waals surface area contributed by atoms with E-state index in [0.29, 0.717) is 13.1 Å². The van der Waals surface area contributed by atoms with Crippen molar-refractivity contribution in [3.05, 3.63) is 0 Å². The zero-order chi connectivity index (χ0) is 11.4. The Morgan fingerprint density at radius 3 is 2.14 bits per heavy atom. The summed E-state index contributed by atoms with van der Waals surface area (Å²) in [5.41, 5.74) is 0. The average molecular weight is 210 g/mol. The lowest BCUT2D eigenvalue weighted by Crippen LogP contribution is -2.42. The molecule has 0 unspecified atom stereocenters. The summed E-state index contributed by atoms with van der Waals surface area (Å²) in [7, 11) is 5.12. The predicted octanol–water partition coefficient (Wildman–Crippen LogP) is 0.200. The van der Waals surface area contributed by atoms with Crippen molar-refractivity contribution in [2.75, 3.05) is 40.8 Å². The zero-order valence-electron chi connectivity index (χ0n) is 8.63. The predicted molar refractivity (Wildman–Crippen MR) is 48.6 cm³/mol. The van der Waals surface area contributed by atoms with Gasteiger partial charge in [0.05, 0.1) is 6.54 Å². The Balaban J connectivity index is 3.93. The number of hydrogen-bond donors (Lipinski definition) is 1. The number of aliphatic carboxylic acids is 1. The second-order valence-corrected chi connectivity index (χ2v) is 3.55. The molecule has 4 nitrogen and oxygen atoms in total. The van der Waals surface area contributed by atoms with Gasteiger partial charge in [-0.25, -0.2) is 4.79 Å². The van der Waals surface area contributed by atoms with E-state index in [-0.39, 0.29) is 0 Å². The van der Waals surface area contributed by atoms with E-state index in [4.69, 9.17) is 5.11 Å². The topological polar surface area (TPSA) is 43.8 Å². The number of nitrogens with zero attached hydrogens (tertiary/aromatic N) is 2. The van der Waals surface area contributed by atoms with Gasteiger partial charge >= 0.3 is 11.9 Å². The van der Waals surface area contributed by atoms with E-state index in [1.54, 1.807) is 0 Å². The van der Waals surface area contributed by atoms with E-state index < -0.39 is 18.4 Å². The molecule has 0 saturated carbocycles. The quantitative estimate of drug-likeness (QED) is 0.680. The summed E-state index contributed by atoms with van der Waals surface area (Å²) in [6.07, 6.45) is 0. The molecule has 0 spiro atoms. The van der Waals surface area contributed by atoms with E-state index in [9.17, 15) is 13.6 Å². The molecule has 84 valence electrons. The van der Waals surface area contributed by atoms with Crippen molar-refractivity contribution in [3.63, 3.8) is 0 Å². The summed E-state index contributed by atoms with van der Waals surface area (Å²) in [5.74, 6) is -5.74. The van der Waals surface area contributed by atoms with Crippen LogP contribution in [0.25, 0.3) is 0 Å². The minimum Gasteiger partial charge on any atom is -0.477 e. The Bertz CT molecular complexity index is 198. The number of carboxylic acid groups (broad SMARTS) is 1. The second kappa shape index (κ2) is 5.21. The fourth-order valence-corrected chi connectivity index (χ4v) is 0.856. The Hall–Kier alpha value is -0.750. The monoisotopic (exact) mass is 210 g/mol. The minimum atomic E-state index is -3.67. The van der Waals surface area contributed by atoms with Crippen molar-refractivity contribution in [2.24, 2.45) is 0 Å². The molecule has 0 aliphatic rings. The lowest BCUT2D eigenvalue weighted by Gasteiger charge is -2.22. The molecule has 0 aliphatic heterocycles. The average Bonchev–Trinajstić information content (AvgIpc) is 1.99. The van der Waals surface area contributed by atoms with Crippen LogP contribution in [0.3, 0.4) is 0 Å². The third-order valence-corrected chi connectivity index (χ3v) is 1.71. The molecular weight excluding hydrogens is 194 g/mol. The Labute approximate surface area is 82.1 Å². The molecule has 0 atom stereocenters. The van der Waals surface area contributed by atoms with Crippen LogP contribution in [-0.2, 0) is 4.79 Å². The van der Waals surface area contributed by atoms with Crippen LogP contribution in [0.1, 0.15) is 0 Å². The van der Waals surface area contributed by atoms with Crippen molar-refractivity contribution in [3.8, 4) is 0 Å². The molecule has 0 heterocycles. The van der Waals surface area contributed by atoms with E-state index >= 15 is 0 Å². The fourth-order valence-electron chi connectivity index (χ4n) is 0.856. The molecule has 6 heteroatoms. The molecule has 0 bridgehead atoms. The van der Waals surface area contributed by atoms with Crippen molar-refractivity contribution >= 4 is 5.97 Å². The Morgan fingerprint density at radius 2 is 1.79 bits per heavy atom. The summed E-state index contributed by atoms with van der Waals surface area (Å²) in [5, 5.41) is 8.18. The first-order valence-corrected chi connectivity index (χ1v) is 4.20. The SMILES string of the molecule is CN(C)CCN(C)CC(F)(F)C(=O)O. The lowest BCUT2D eigenvalue weighted by molar-refractivity contribution is -0.166. The number of likely N-dealkylation sites (N-methyl/N-ethyl adjacent to an activating group) is 2. The maximum Gasteiger partial charge on any atom is 0.375 e. The molecule has 1 N–H and O–H groups in total. The summed E-state index contributed by atoms with van der Waals surface area (Å²) in [6, 6.07) is 0. The van der Waals surface area contributed by atoms with Gasteiger partial charge in [0, 0.05) is 13.1 Å². The highest BCUT2D eigenvalue weighted by Gasteiger charge is 2.39. The molecule has 0 saturated heterocycles. The highest BCUT2D eigenvalue weighted by atomic mass is 19.3. The van der Waals surface area contributed by atoms with Crippen LogP contribution in [0.2, 0.25) is 0 Å². The van der Waals surface area contributed by atoms with Crippen molar-refractivity contribution in [1.82, 2.24) is 9.80 Å².